The van der Waals surface area contributed by atoms with Crippen molar-refractivity contribution in [1.29, 1.82) is 0 Å². The topological polar surface area (TPSA) is 43.2 Å². The van der Waals surface area contributed by atoms with Gasteiger partial charge in [0.25, 0.3) is 0 Å². The molecule has 0 bridgehead atoms. The molecule has 1 saturated heterocycles. The Morgan fingerprint density at radius 3 is 2.62 bits per heavy atom. The molecule has 1 aliphatic rings. The Balaban J connectivity index is 1.43. The molecular weight excluding hydrogens is 300 g/mol. The van der Waals surface area contributed by atoms with E-state index in [1.54, 1.807) is 0 Å². The van der Waals surface area contributed by atoms with Crippen molar-refractivity contribution < 1.29 is 4.74 Å². The maximum atomic E-state index is 6.31. The van der Waals surface area contributed by atoms with Crippen LogP contribution in [0.25, 0.3) is 10.9 Å². The summed E-state index contributed by atoms with van der Waals surface area (Å²) in [6, 6.07) is 12.5. The normalized spacial score (nSPS) is 15.8. The van der Waals surface area contributed by atoms with Gasteiger partial charge in [0.1, 0.15) is 11.9 Å². The van der Waals surface area contributed by atoms with Crippen LogP contribution >= 0.6 is 0 Å². The molecule has 0 atom stereocenters. The molecule has 0 saturated carbocycles. The van der Waals surface area contributed by atoms with Crippen LogP contribution in [0.2, 0.25) is 0 Å². The van der Waals surface area contributed by atoms with Crippen molar-refractivity contribution in [3.8, 4) is 5.75 Å². The van der Waals surface area contributed by atoms with E-state index in [9.17, 15) is 0 Å². The summed E-state index contributed by atoms with van der Waals surface area (Å²) in [5, 5.41) is 9.63. The number of ether oxygens (including phenoxy) is 1. The van der Waals surface area contributed by atoms with E-state index < -0.39 is 0 Å². The monoisotopic (exact) mass is 322 g/mol. The quantitative estimate of drug-likeness (QED) is 0.742. The number of piperidine rings is 1. The first kappa shape index (κ1) is 15.0. The van der Waals surface area contributed by atoms with Crippen molar-refractivity contribution in [3.05, 3.63) is 48.3 Å². The van der Waals surface area contributed by atoms with Gasteiger partial charge in [0, 0.05) is 44.6 Å². The van der Waals surface area contributed by atoms with Crippen LogP contribution in [0.15, 0.2) is 42.6 Å². The molecule has 0 unspecified atom stereocenters. The average Bonchev–Trinajstić information content (AvgIpc) is 2.99. The Bertz CT molecular complexity index is 832. The first-order valence-corrected chi connectivity index (χ1v) is 8.47. The smallest absolute Gasteiger partial charge is 0.151 e. The molecule has 0 N–H and O–H groups in total. The second-order valence-corrected chi connectivity index (χ2v) is 6.45. The fraction of sp³-hybridized carbons (Fsp3) is 0.368. The molecule has 0 radical (unpaired) electrons. The van der Waals surface area contributed by atoms with Gasteiger partial charge in [-0.25, -0.2) is 0 Å². The lowest BCUT2D eigenvalue weighted by atomic mass is 10.1. The lowest BCUT2D eigenvalue weighted by Crippen LogP contribution is -2.38. The van der Waals surface area contributed by atoms with Crippen molar-refractivity contribution in [1.82, 2.24) is 14.8 Å². The lowest BCUT2D eigenvalue weighted by Gasteiger charge is -2.32. The van der Waals surface area contributed by atoms with Gasteiger partial charge in [-0.05, 0) is 37.3 Å². The highest BCUT2D eigenvalue weighted by atomic mass is 16.5. The van der Waals surface area contributed by atoms with Gasteiger partial charge in [-0.1, -0.05) is 6.07 Å². The number of anilines is 1. The lowest BCUT2D eigenvalue weighted by molar-refractivity contribution is 0.173. The van der Waals surface area contributed by atoms with E-state index in [2.05, 4.69) is 57.2 Å². The minimum absolute atomic E-state index is 0.255. The second kappa shape index (κ2) is 6.15. The van der Waals surface area contributed by atoms with Gasteiger partial charge >= 0.3 is 0 Å². The summed E-state index contributed by atoms with van der Waals surface area (Å²) in [5.74, 6) is 1.95. The summed E-state index contributed by atoms with van der Waals surface area (Å²) in [5.41, 5.74) is 2.16. The van der Waals surface area contributed by atoms with Crippen LogP contribution in [0.1, 0.15) is 18.5 Å². The molecule has 1 aromatic carbocycles. The summed E-state index contributed by atoms with van der Waals surface area (Å²) in [4.78, 5) is 2.29. The van der Waals surface area contributed by atoms with E-state index >= 15 is 0 Å². The summed E-state index contributed by atoms with van der Waals surface area (Å²) in [7, 11) is 2.06. The molecule has 3 heterocycles. The van der Waals surface area contributed by atoms with Gasteiger partial charge in [-0.15, -0.1) is 5.10 Å². The summed E-state index contributed by atoms with van der Waals surface area (Å²) >= 11 is 0. The van der Waals surface area contributed by atoms with Gasteiger partial charge in [0.2, 0.25) is 0 Å². The third-order valence-corrected chi connectivity index (χ3v) is 4.73. The maximum absolute atomic E-state index is 6.31. The zero-order valence-electron chi connectivity index (χ0n) is 14.1. The molecule has 0 amide bonds. The van der Waals surface area contributed by atoms with E-state index in [4.69, 9.17) is 4.74 Å². The molecule has 5 nitrogen and oxygen atoms in total. The predicted molar refractivity (Wildman–Crippen MR) is 95.6 cm³/mol. The highest BCUT2D eigenvalue weighted by Gasteiger charge is 2.22. The molecule has 2 aromatic heterocycles. The number of hydrogen-bond donors (Lipinski definition) is 0. The van der Waals surface area contributed by atoms with Crippen LogP contribution in [0, 0.1) is 6.92 Å². The molecule has 3 aromatic rings. The number of aryl methyl sites for hydroxylation is 2. The Morgan fingerprint density at radius 1 is 1.04 bits per heavy atom. The molecule has 0 spiro atoms. The van der Waals surface area contributed by atoms with E-state index in [1.807, 2.05) is 19.1 Å². The Hall–Kier alpha value is -2.56. The first-order chi connectivity index (χ1) is 11.7. The van der Waals surface area contributed by atoms with Crippen molar-refractivity contribution in [2.75, 3.05) is 18.0 Å². The average molecular weight is 322 g/mol. The number of aromatic nitrogens is 3. The van der Waals surface area contributed by atoms with Gasteiger partial charge in [0.05, 0.1) is 11.2 Å². The summed E-state index contributed by atoms with van der Waals surface area (Å²) in [6.45, 7) is 3.86. The van der Waals surface area contributed by atoms with Crippen molar-refractivity contribution in [3.63, 3.8) is 0 Å². The fourth-order valence-corrected chi connectivity index (χ4v) is 3.32. The third kappa shape index (κ3) is 2.82. The van der Waals surface area contributed by atoms with Crippen LogP contribution < -0.4 is 9.64 Å². The van der Waals surface area contributed by atoms with E-state index in [0.29, 0.717) is 0 Å². The molecule has 124 valence electrons. The second-order valence-electron chi connectivity index (χ2n) is 6.45. The Kier molecular flexibility index (Phi) is 3.84. The largest absolute Gasteiger partial charge is 0.490 e. The molecule has 5 heteroatoms. The maximum Gasteiger partial charge on any atom is 0.151 e. The van der Waals surface area contributed by atoms with Crippen LogP contribution in [0.5, 0.6) is 5.75 Å². The standard InChI is InChI=1S/C19H22N4O/c1-14-6-7-19(21-20-14)23-12-8-15(9-13-23)24-18-5-3-4-17-16(18)10-11-22(17)2/h3-7,10-11,15H,8-9,12-13H2,1-2H3. The fourth-order valence-electron chi connectivity index (χ4n) is 3.32. The van der Waals surface area contributed by atoms with E-state index in [1.165, 1.54) is 10.9 Å². The Morgan fingerprint density at radius 2 is 1.88 bits per heavy atom. The molecule has 4 rings (SSSR count). The molecule has 24 heavy (non-hydrogen) atoms. The van der Waals surface area contributed by atoms with Gasteiger partial charge in [0.15, 0.2) is 5.82 Å². The Labute approximate surface area is 141 Å². The van der Waals surface area contributed by atoms with E-state index in [-0.39, 0.29) is 6.10 Å². The predicted octanol–water partition coefficient (Wildman–Crippen LogP) is 3.32. The van der Waals surface area contributed by atoms with Crippen molar-refractivity contribution >= 4 is 16.7 Å². The van der Waals surface area contributed by atoms with Gasteiger partial charge < -0.3 is 14.2 Å². The zero-order valence-corrected chi connectivity index (χ0v) is 14.1. The summed E-state index contributed by atoms with van der Waals surface area (Å²) < 4.78 is 8.44. The van der Waals surface area contributed by atoms with Crippen LogP contribution in [-0.4, -0.2) is 34.0 Å². The minimum Gasteiger partial charge on any atom is -0.490 e. The summed E-state index contributed by atoms with van der Waals surface area (Å²) in [6.07, 6.45) is 4.33. The number of rotatable bonds is 3. The number of nitrogens with zero attached hydrogens (tertiary/aromatic N) is 4. The SMILES string of the molecule is Cc1ccc(N2CCC(Oc3cccc4c3ccn4C)CC2)nn1. The highest BCUT2D eigenvalue weighted by molar-refractivity contribution is 5.86. The number of fused-ring (bicyclic) bond motifs is 1. The third-order valence-electron chi connectivity index (χ3n) is 4.73. The van der Waals surface area contributed by atoms with E-state index in [0.717, 1.165) is 43.2 Å². The van der Waals surface area contributed by atoms with Gasteiger partial charge in [-0.3, -0.25) is 0 Å². The van der Waals surface area contributed by atoms with Crippen molar-refractivity contribution in [2.45, 2.75) is 25.9 Å². The number of benzene rings is 1. The molecule has 1 fully saturated rings. The van der Waals surface area contributed by atoms with Crippen molar-refractivity contribution in [2.24, 2.45) is 7.05 Å². The molecule has 0 aliphatic carbocycles. The van der Waals surface area contributed by atoms with Gasteiger partial charge in [-0.2, -0.15) is 5.10 Å². The van der Waals surface area contributed by atoms with Crippen LogP contribution in [0.3, 0.4) is 0 Å². The van der Waals surface area contributed by atoms with Crippen LogP contribution in [0.4, 0.5) is 5.82 Å². The molecule has 1 aliphatic heterocycles. The first-order valence-electron chi connectivity index (χ1n) is 8.47. The minimum atomic E-state index is 0.255. The zero-order chi connectivity index (χ0) is 16.5. The highest BCUT2D eigenvalue weighted by Crippen LogP contribution is 2.29. The molecular formula is C19H22N4O. The van der Waals surface area contributed by atoms with Crippen LogP contribution in [-0.2, 0) is 7.05 Å². The number of hydrogen-bond acceptors (Lipinski definition) is 4.